The van der Waals surface area contributed by atoms with Crippen molar-refractivity contribution in [3.63, 3.8) is 0 Å². The smallest absolute Gasteiger partial charge is 0.287 e. The van der Waals surface area contributed by atoms with Crippen LogP contribution in [0, 0.1) is 0 Å². The number of hydrogen-bond acceptors (Lipinski definition) is 7. The Hall–Kier alpha value is -3.96. The van der Waals surface area contributed by atoms with Crippen molar-refractivity contribution in [2.75, 3.05) is 30.4 Å². The molecule has 0 spiro atoms. The summed E-state index contributed by atoms with van der Waals surface area (Å²) in [6.45, 7) is 0.855. The molecule has 3 unspecified atom stereocenters. The molecule has 2 fully saturated rings. The zero-order valence-corrected chi connectivity index (χ0v) is 22.9. The maximum atomic E-state index is 13.7. The van der Waals surface area contributed by atoms with Crippen molar-refractivity contribution in [2.45, 2.75) is 62.6 Å². The van der Waals surface area contributed by atoms with Crippen LogP contribution in [0.2, 0.25) is 0 Å². The largest absolute Gasteiger partial charge is 0.451 e. The molecular weight excluding hydrogens is 531 g/mol. The Morgan fingerprint density at radius 1 is 1.10 bits per heavy atom. The number of ether oxygens (including phenoxy) is 1. The molecule has 1 saturated carbocycles. The number of piperidine rings is 1. The van der Waals surface area contributed by atoms with Crippen molar-refractivity contribution >= 4 is 40.1 Å². The van der Waals surface area contributed by atoms with Crippen molar-refractivity contribution in [1.82, 2.24) is 10.6 Å². The Morgan fingerprint density at radius 3 is 2.51 bits per heavy atom. The highest BCUT2D eigenvalue weighted by Crippen LogP contribution is 2.31. The lowest BCUT2D eigenvalue weighted by Crippen LogP contribution is -2.64. The summed E-state index contributed by atoms with van der Waals surface area (Å²) >= 11 is 0. The van der Waals surface area contributed by atoms with Crippen LogP contribution in [0.15, 0.2) is 59.0 Å². The zero-order valence-electron chi connectivity index (χ0n) is 22.9. The number of benzene rings is 2. The lowest BCUT2D eigenvalue weighted by molar-refractivity contribution is -0.135. The van der Waals surface area contributed by atoms with Gasteiger partial charge in [-0.3, -0.25) is 14.4 Å². The molecule has 2 heterocycles. The summed E-state index contributed by atoms with van der Waals surface area (Å²) in [5.74, 6) is -1.46. The molecule has 0 bridgehead atoms. The summed E-state index contributed by atoms with van der Waals surface area (Å²) < 4.78 is 23.5. The second-order valence-electron chi connectivity index (χ2n) is 10.7. The number of β-amino-alcohol motifs (C(OH)–C–C–N with tert-alkyl or cyclic N) is 1. The van der Waals surface area contributed by atoms with Crippen LogP contribution < -0.4 is 20.9 Å². The van der Waals surface area contributed by atoms with Gasteiger partial charge >= 0.3 is 0 Å². The highest BCUT2D eigenvalue weighted by molar-refractivity contribution is 6.00. The number of aliphatic hydroxyl groups excluding tert-OH is 1. The number of halogens is 1. The molecule has 41 heavy (non-hydrogen) atoms. The molecule has 11 heteroatoms. The molecule has 10 nitrogen and oxygen atoms in total. The lowest BCUT2D eigenvalue weighted by atomic mass is 9.80. The van der Waals surface area contributed by atoms with Crippen molar-refractivity contribution in [3.8, 4) is 0 Å². The van der Waals surface area contributed by atoms with Crippen molar-refractivity contribution in [3.05, 3.63) is 60.4 Å². The monoisotopic (exact) mass is 566 g/mol. The number of methoxy groups -OCH3 is 1. The summed E-state index contributed by atoms with van der Waals surface area (Å²) in [5.41, 5.74) is 0.766. The average molecular weight is 567 g/mol. The van der Waals surface area contributed by atoms with Crippen molar-refractivity contribution in [2.24, 2.45) is 0 Å². The number of rotatable bonds is 8. The van der Waals surface area contributed by atoms with E-state index in [-0.39, 0.29) is 18.2 Å². The number of carbonyl (C=O) groups is 3. The molecule has 1 aliphatic heterocycles. The van der Waals surface area contributed by atoms with Crippen LogP contribution in [0.3, 0.4) is 0 Å². The van der Waals surface area contributed by atoms with Gasteiger partial charge in [0.15, 0.2) is 5.76 Å². The molecule has 0 radical (unpaired) electrons. The topological polar surface area (TPSA) is 133 Å². The van der Waals surface area contributed by atoms with E-state index in [0.29, 0.717) is 37.1 Å². The quantitative estimate of drug-likeness (QED) is 0.328. The maximum absolute atomic E-state index is 13.7. The van der Waals surface area contributed by atoms with Gasteiger partial charge in [0.05, 0.1) is 12.1 Å². The predicted molar refractivity (Wildman–Crippen MR) is 151 cm³/mol. The number of furan rings is 1. The Balaban J connectivity index is 1.20. The van der Waals surface area contributed by atoms with E-state index in [4.69, 9.17) is 4.42 Å². The van der Waals surface area contributed by atoms with Crippen LogP contribution in [0.1, 0.15) is 49.1 Å². The van der Waals surface area contributed by atoms with E-state index in [9.17, 15) is 23.9 Å². The first-order chi connectivity index (χ1) is 19.8. The van der Waals surface area contributed by atoms with Crippen LogP contribution in [0.4, 0.5) is 15.8 Å². The van der Waals surface area contributed by atoms with Gasteiger partial charge in [-0.15, -0.1) is 0 Å². The molecule has 5 rings (SSSR count). The maximum Gasteiger partial charge on any atom is 0.287 e. The summed E-state index contributed by atoms with van der Waals surface area (Å²) in [6.07, 6.45) is 1.23. The minimum Gasteiger partial charge on any atom is -0.451 e. The SMILES string of the molecule is COC(F)C(=O)Nc1ccc(N2CCC(NC(=O)C3(NC(=O)c4cc5ccccc5o4)CCCCC3)C(O)C2)cc1. The normalized spacial score (nSPS) is 21.2. The van der Waals surface area contributed by atoms with E-state index in [1.165, 1.54) is 0 Å². The fraction of sp³-hybridized carbons (Fsp3) is 0.433. The molecular formula is C30H35FN4O6. The third-order valence-electron chi connectivity index (χ3n) is 7.96. The van der Waals surface area contributed by atoms with Gasteiger partial charge in [0.1, 0.15) is 11.1 Å². The number of fused-ring (bicyclic) bond motifs is 1. The molecule has 1 saturated heterocycles. The van der Waals surface area contributed by atoms with Crippen molar-refractivity contribution < 1.29 is 33.0 Å². The first-order valence-electron chi connectivity index (χ1n) is 13.9. The number of amides is 3. The predicted octanol–water partition coefficient (Wildman–Crippen LogP) is 3.50. The molecule has 3 amide bonds. The molecule has 1 aromatic heterocycles. The molecule has 2 aromatic carbocycles. The number of para-hydroxylation sites is 1. The van der Waals surface area contributed by atoms with E-state index in [2.05, 4.69) is 20.7 Å². The number of aliphatic hydroxyl groups is 1. The van der Waals surface area contributed by atoms with Gasteiger partial charge in [0.25, 0.3) is 18.2 Å². The number of hydrogen-bond donors (Lipinski definition) is 4. The van der Waals surface area contributed by atoms with Crippen LogP contribution in [-0.2, 0) is 14.3 Å². The van der Waals surface area contributed by atoms with Crippen LogP contribution in [0.25, 0.3) is 11.0 Å². The standard InChI is InChI=1S/C30H35FN4O6/c1-40-26(31)28(38)32-20-9-11-21(12-10-20)35-16-13-22(23(36)18-35)33-29(39)30(14-5-2-6-15-30)34-27(37)25-17-19-7-3-4-8-24(19)41-25/h3-4,7-12,17,22-23,26,36H,2,5-6,13-16,18H2,1H3,(H,32,38)(H,33,39)(H,34,37). The zero-order chi connectivity index (χ0) is 29.0. The first kappa shape index (κ1) is 28.6. The number of nitrogens with one attached hydrogen (secondary N) is 3. The van der Waals surface area contributed by atoms with Crippen LogP contribution >= 0.6 is 0 Å². The van der Waals surface area contributed by atoms with E-state index in [0.717, 1.165) is 37.4 Å². The molecule has 4 N–H and O–H groups in total. The fourth-order valence-electron chi connectivity index (χ4n) is 5.64. The van der Waals surface area contributed by atoms with Gasteiger partial charge < -0.3 is 35.1 Å². The average Bonchev–Trinajstić information content (AvgIpc) is 3.43. The number of carbonyl (C=O) groups excluding carboxylic acids is 3. The van der Waals surface area contributed by atoms with Gasteiger partial charge in [0, 0.05) is 37.0 Å². The highest BCUT2D eigenvalue weighted by atomic mass is 19.1. The van der Waals surface area contributed by atoms with Gasteiger partial charge in [-0.25, -0.2) is 4.39 Å². The third kappa shape index (κ3) is 6.36. The summed E-state index contributed by atoms with van der Waals surface area (Å²) in [5, 5.41) is 20.2. The Labute approximate surface area is 237 Å². The van der Waals surface area contributed by atoms with Gasteiger partial charge in [-0.1, -0.05) is 37.5 Å². The molecule has 3 atom stereocenters. The summed E-state index contributed by atoms with van der Waals surface area (Å²) in [6, 6.07) is 15.4. The number of alkyl halides is 1. The van der Waals surface area contributed by atoms with E-state index in [1.807, 2.05) is 23.1 Å². The lowest BCUT2D eigenvalue weighted by Gasteiger charge is -2.41. The van der Waals surface area contributed by atoms with Gasteiger partial charge in [0.2, 0.25) is 5.91 Å². The van der Waals surface area contributed by atoms with Gasteiger partial charge in [-0.2, -0.15) is 0 Å². The minimum atomic E-state index is -2.05. The van der Waals surface area contributed by atoms with E-state index >= 15 is 0 Å². The minimum absolute atomic E-state index is 0.158. The van der Waals surface area contributed by atoms with Crippen molar-refractivity contribution in [1.29, 1.82) is 0 Å². The first-order valence-corrected chi connectivity index (χ1v) is 13.9. The van der Waals surface area contributed by atoms with E-state index in [1.54, 1.807) is 36.4 Å². The number of nitrogens with zero attached hydrogens (tertiary/aromatic N) is 1. The molecule has 1 aliphatic carbocycles. The van der Waals surface area contributed by atoms with E-state index < -0.39 is 35.9 Å². The van der Waals surface area contributed by atoms with Crippen LogP contribution in [0.5, 0.6) is 0 Å². The molecule has 2 aliphatic rings. The third-order valence-corrected chi connectivity index (χ3v) is 7.96. The highest BCUT2D eigenvalue weighted by Gasteiger charge is 2.43. The fourth-order valence-corrected chi connectivity index (χ4v) is 5.64. The Kier molecular flexibility index (Phi) is 8.55. The Bertz CT molecular complexity index is 1350. The Morgan fingerprint density at radius 2 is 1.83 bits per heavy atom. The second-order valence-corrected chi connectivity index (χ2v) is 10.7. The molecule has 3 aromatic rings. The second kappa shape index (κ2) is 12.3. The van der Waals surface area contributed by atoms with Crippen LogP contribution in [-0.4, -0.2) is 67.1 Å². The number of anilines is 2. The summed E-state index contributed by atoms with van der Waals surface area (Å²) in [7, 11) is 1.11. The summed E-state index contributed by atoms with van der Waals surface area (Å²) in [4.78, 5) is 40.5. The molecule has 218 valence electrons. The van der Waals surface area contributed by atoms with Gasteiger partial charge in [-0.05, 0) is 55.7 Å².